The van der Waals surface area contributed by atoms with Crippen LogP contribution < -0.4 is 0 Å². The molecule has 0 fully saturated rings. The molecule has 0 aliphatic carbocycles. The number of phosphoric acid groups is 2. The van der Waals surface area contributed by atoms with Crippen molar-refractivity contribution < 1.29 is 75.8 Å². The zero-order valence-electron chi connectivity index (χ0n) is 78.1. The Kier molecular flexibility index (Phi) is 92.0. The molecular weight excluding hydrogens is 1580 g/mol. The topological polar surface area (TPSA) is 231 Å². The molecule has 0 aromatic carbocycles. The fraction of sp³-hybridized carbons (Fsp3) is 0.705. The molecule has 0 bridgehead atoms. The quantitative estimate of drug-likeness (QED) is 0.0146. The first-order chi connectivity index (χ1) is 60.2. The molecule has 0 heterocycles. The molecule has 5 atom stereocenters. The Bertz CT molecular complexity index is 2920. The Morgan fingerprint density at radius 3 is 0.683 bits per heavy atom. The van der Waals surface area contributed by atoms with Crippen molar-refractivity contribution in [1.82, 2.24) is 0 Å². The first kappa shape index (κ1) is 118. The number of rotatable bonds is 93. The summed E-state index contributed by atoms with van der Waals surface area (Å²) in [7, 11) is -9.82. The van der Waals surface area contributed by atoms with Gasteiger partial charge in [-0.15, -0.1) is 0 Å². The van der Waals surface area contributed by atoms with Crippen LogP contribution in [-0.2, 0) is 55.8 Å². The Labute approximate surface area is 752 Å². The Balaban J connectivity index is 4.67. The molecule has 0 spiro atoms. The van der Waals surface area contributed by atoms with E-state index in [9.17, 15) is 43.5 Å². The smallest absolute Gasteiger partial charge is 0.463 e. The summed E-state index contributed by atoms with van der Waals surface area (Å²) in [5, 5.41) is 20.8. The van der Waals surface area contributed by atoms with Gasteiger partial charge in [-0.2, -0.15) is 0 Å². The maximum absolute atomic E-state index is 13.1. The van der Waals surface area contributed by atoms with E-state index < -0.39 is 91.5 Å². The lowest BCUT2D eigenvalue weighted by Gasteiger charge is -2.21. The van der Waals surface area contributed by atoms with Gasteiger partial charge in [-0.05, 0) is 161 Å². The summed E-state index contributed by atoms with van der Waals surface area (Å²) in [6.07, 6.45) is 125. The number of carbonyl (C=O) groups is 3. The number of carbonyl (C=O) groups excluding carboxylic acids is 3. The molecule has 0 saturated carbocycles. The van der Waals surface area contributed by atoms with Crippen LogP contribution >= 0.6 is 15.6 Å². The predicted molar refractivity (Wildman–Crippen MR) is 519 cm³/mol. The van der Waals surface area contributed by atoms with Crippen LogP contribution in [0.5, 0.6) is 0 Å². The van der Waals surface area contributed by atoms with E-state index in [0.717, 1.165) is 173 Å². The van der Waals surface area contributed by atoms with Gasteiger partial charge < -0.3 is 34.2 Å². The number of unbranched alkanes of at least 4 members (excludes halogenated alkanes) is 42. The second-order valence-electron chi connectivity index (χ2n) is 32.8. The molecule has 0 aliphatic rings. The van der Waals surface area contributed by atoms with E-state index in [2.05, 4.69) is 191 Å². The number of phosphoric ester groups is 2. The minimum atomic E-state index is -4.95. The van der Waals surface area contributed by atoms with Crippen molar-refractivity contribution >= 4 is 33.6 Å². The third-order valence-electron chi connectivity index (χ3n) is 20.9. The molecule has 0 radical (unpaired) electrons. The molecule has 4 N–H and O–H groups in total. The highest BCUT2D eigenvalue weighted by atomic mass is 31.2. The molecule has 0 saturated heterocycles. The van der Waals surface area contributed by atoms with Crippen LogP contribution in [0.2, 0.25) is 0 Å². The number of esters is 3. The zero-order chi connectivity index (χ0) is 89.3. The predicted octanol–water partition coefficient (Wildman–Crippen LogP) is 31.0. The molecule has 706 valence electrons. The maximum atomic E-state index is 13.1. The highest BCUT2D eigenvalue weighted by Crippen LogP contribution is 2.45. The van der Waals surface area contributed by atoms with E-state index in [0.29, 0.717) is 19.3 Å². The summed E-state index contributed by atoms with van der Waals surface area (Å²) in [5.74, 6) is -1.57. The van der Waals surface area contributed by atoms with Crippen molar-refractivity contribution in [3.05, 3.63) is 170 Å². The summed E-state index contributed by atoms with van der Waals surface area (Å²) in [6.45, 7) is 2.57. The number of ether oxygens (including phenoxy) is 3. The van der Waals surface area contributed by atoms with E-state index in [-0.39, 0.29) is 19.3 Å². The minimum Gasteiger partial charge on any atom is -0.463 e. The summed E-state index contributed by atoms with van der Waals surface area (Å²) in [6, 6.07) is 0. The summed E-state index contributed by atoms with van der Waals surface area (Å²) in [4.78, 5) is 59.2. The summed E-state index contributed by atoms with van der Waals surface area (Å²) in [5.41, 5.74) is 0. The van der Waals surface area contributed by atoms with Gasteiger partial charge in [-0.1, -0.05) is 409 Å². The molecule has 0 aromatic rings. The fourth-order valence-corrected chi connectivity index (χ4v) is 15.0. The monoisotopic (exact) mass is 1760 g/mol. The maximum Gasteiger partial charge on any atom is 0.472 e. The van der Waals surface area contributed by atoms with Crippen molar-refractivity contribution in [1.29, 1.82) is 0 Å². The molecule has 18 heteroatoms. The van der Waals surface area contributed by atoms with Crippen LogP contribution in [0.4, 0.5) is 0 Å². The third-order valence-corrected chi connectivity index (χ3v) is 22.8. The Morgan fingerprint density at radius 2 is 0.431 bits per heavy atom. The van der Waals surface area contributed by atoms with Crippen molar-refractivity contribution in [3.8, 4) is 0 Å². The van der Waals surface area contributed by atoms with E-state index in [1.807, 2.05) is 0 Å². The van der Waals surface area contributed by atoms with Gasteiger partial charge in [-0.3, -0.25) is 32.5 Å². The highest BCUT2D eigenvalue weighted by molar-refractivity contribution is 7.47. The second-order valence-corrected chi connectivity index (χ2v) is 35.7. The van der Waals surface area contributed by atoms with Crippen molar-refractivity contribution in [2.24, 2.45) is 0 Å². The fourth-order valence-electron chi connectivity index (χ4n) is 13.4. The first-order valence-corrected chi connectivity index (χ1v) is 52.4. The van der Waals surface area contributed by atoms with Gasteiger partial charge >= 0.3 is 33.6 Å². The van der Waals surface area contributed by atoms with E-state index >= 15 is 0 Å². The largest absolute Gasteiger partial charge is 0.472 e. The van der Waals surface area contributed by atoms with E-state index in [4.69, 9.17) is 32.3 Å². The lowest BCUT2D eigenvalue weighted by molar-refractivity contribution is -0.161. The second kappa shape index (κ2) is 96.0. The molecule has 0 rings (SSSR count). The van der Waals surface area contributed by atoms with Crippen molar-refractivity contribution in [3.63, 3.8) is 0 Å². The zero-order valence-corrected chi connectivity index (χ0v) is 79.9. The molecule has 0 aliphatic heterocycles. The first-order valence-electron chi connectivity index (χ1n) is 49.4. The SMILES string of the molecule is CC/C=C\C/C=C\C/C=C\C/C=C\C/C=C\C/C=C\CCCCCCCCCCCCC(=O)OCC(O)COP(=O)(O)OCC(O)COP(=O)(O)OCC(COC(=O)CCCCCCCCCCCCCCC/C=C\C/C=C\C/C=C\C/C=C\CCCCC)OC(=O)CCCCCCCCCCCCCCC/C=C\C/C=C\C/C=C\C/C=C\CCCCC. The van der Waals surface area contributed by atoms with Crippen LogP contribution in [0.15, 0.2) is 170 Å². The van der Waals surface area contributed by atoms with Crippen LogP contribution in [0, 0.1) is 0 Å². The van der Waals surface area contributed by atoms with Gasteiger partial charge in [0.05, 0.1) is 26.4 Å². The van der Waals surface area contributed by atoms with Crippen molar-refractivity contribution in [2.45, 2.75) is 437 Å². The van der Waals surface area contributed by atoms with Gasteiger partial charge in [0.25, 0.3) is 0 Å². The summed E-state index contributed by atoms with van der Waals surface area (Å²) >= 11 is 0. The Hall–Kier alpha value is -5.09. The third kappa shape index (κ3) is 97.4. The van der Waals surface area contributed by atoms with E-state index in [1.165, 1.54) is 186 Å². The molecular formula is C105H180O16P2. The normalized spacial score (nSPS) is 14.4. The van der Waals surface area contributed by atoms with Gasteiger partial charge in [0.15, 0.2) is 6.10 Å². The number of hydrogen-bond donors (Lipinski definition) is 4. The van der Waals surface area contributed by atoms with Gasteiger partial charge in [0.2, 0.25) is 0 Å². The summed E-state index contributed by atoms with van der Waals surface area (Å²) < 4.78 is 61.7. The average Bonchev–Trinajstić information content (AvgIpc) is 0.896. The number of aliphatic hydroxyl groups excluding tert-OH is 2. The highest BCUT2D eigenvalue weighted by Gasteiger charge is 2.30. The van der Waals surface area contributed by atoms with Gasteiger partial charge in [-0.25, -0.2) is 9.13 Å². The minimum absolute atomic E-state index is 0.0996. The molecule has 0 amide bonds. The Morgan fingerprint density at radius 1 is 0.236 bits per heavy atom. The van der Waals surface area contributed by atoms with Crippen LogP contribution in [0.3, 0.4) is 0 Å². The van der Waals surface area contributed by atoms with Crippen LogP contribution in [0.25, 0.3) is 0 Å². The standard InChI is InChI=1S/C105H180O16P2/c1-4-7-10-13-16-19-22-25-28-31-34-37-40-43-46-49-52-55-58-61-64-67-70-73-76-79-82-85-88-91-103(108)115-94-100(106)95-117-122(111,112)118-96-101(107)97-119-123(113,114)120-99-102(121-105(110)93-90-87-84-81-78-75-72-69-66-63-60-57-54-51-48-45-42-39-36-33-30-27-24-21-18-15-12-9-6-3)98-116-104(109)92-89-86-83-80-77-74-71-68-65-62-59-56-53-50-47-44-41-38-35-32-29-26-23-20-17-14-11-8-5-2/h7,10,16-21,25-30,34-39,43-48,52,55,100-102,106-107H,4-6,8-9,11-15,22-24,31-33,40-42,49-51,53-54,56-99H2,1-3H3,(H,111,112)(H,113,114)/b10-7-,19-16-,20-17-,21-18-,28-25-,29-26-,30-27-,37-34-,38-35-,39-36-,46-43-,47-44-,48-45-,55-52-. The van der Waals surface area contributed by atoms with Crippen LogP contribution in [0.1, 0.15) is 419 Å². The number of allylic oxidation sites excluding steroid dienone is 28. The number of hydrogen-bond acceptors (Lipinski definition) is 14. The molecule has 5 unspecified atom stereocenters. The van der Waals surface area contributed by atoms with Crippen LogP contribution in [-0.4, -0.2) is 95.9 Å². The lowest BCUT2D eigenvalue weighted by atomic mass is 10.0. The number of aliphatic hydroxyl groups is 2. The lowest BCUT2D eigenvalue weighted by Crippen LogP contribution is -2.30. The van der Waals surface area contributed by atoms with Crippen molar-refractivity contribution in [2.75, 3.05) is 39.6 Å². The van der Waals surface area contributed by atoms with Gasteiger partial charge in [0, 0.05) is 19.3 Å². The van der Waals surface area contributed by atoms with Gasteiger partial charge in [0.1, 0.15) is 25.4 Å². The average molecular weight is 1760 g/mol. The molecule has 0 aromatic heterocycles. The van der Waals surface area contributed by atoms with E-state index in [1.54, 1.807) is 0 Å². The molecule has 123 heavy (non-hydrogen) atoms. The molecule has 16 nitrogen and oxygen atoms in total.